The molecule has 4 aromatic carbocycles. The number of rotatable bonds is 9. The number of ether oxygens (including phenoxy) is 2. The number of halogens is 4. The van der Waals surface area contributed by atoms with Crippen LogP contribution in [0.4, 0.5) is 23.0 Å². The van der Waals surface area contributed by atoms with E-state index >= 15 is 0 Å². The van der Waals surface area contributed by atoms with Crippen molar-refractivity contribution in [1.29, 1.82) is 0 Å². The number of hydrogen-bond acceptors (Lipinski definition) is 2. The van der Waals surface area contributed by atoms with Gasteiger partial charge >= 0.3 is 7.25 Å². The van der Waals surface area contributed by atoms with Gasteiger partial charge < -0.3 is 31.3 Å². The maximum Gasteiger partial charge on any atom is 0.673 e. The number of aromatic nitrogens is 1. The zero-order chi connectivity index (χ0) is 35.2. The molecule has 3 aliphatic heterocycles. The first-order valence-corrected chi connectivity index (χ1v) is 17.9. The molecule has 0 amide bonds. The predicted molar refractivity (Wildman–Crippen MR) is 198 cm³/mol. The van der Waals surface area contributed by atoms with Crippen molar-refractivity contribution in [2.75, 3.05) is 6.54 Å². The highest BCUT2D eigenvalue weighted by Crippen LogP contribution is 2.46. The summed E-state index contributed by atoms with van der Waals surface area (Å²) in [7, 11) is -6.00. The molecule has 3 aliphatic rings. The molecule has 0 saturated heterocycles. The highest BCUT2D eigenvalue weighted by atomic mass is 19.5. The summed E-state index contributed by atoms with van der Waals surface area (Å²) >= 11 is 0. The van der Waals surface area contributed by atoms with Crippen molar-refractivity contribution in [3.8, 4) is 11.5 Å². The molecule has 0 N–H and O–H groups in total. The minimum absolute atomic E-state index is 0.240. The molecule has 0 spiro atoms. The monoisotopic (exact) mass is 682 g/mol. The summed E-state index contributed by atoms with van der Waals surface area (Å²) < 4.78 is 56.7. The molecule has 1 aromatic heterocycles. The van der Waals surface area contributed by atoms with E-state index in [0.29, 0.717) is 0 Å². The average Bonchev–Trinajstić information content (AvgIpc) is 3.80. The highest BCUT2D eigenvalue weighted by molar-refractivity contribution is 6.50. The van der Waals surface area contributed by atoms with Gasteiger partial charge in [0.25, 0.3) is 0 Å². The average molecular weight is 683 g/mol. The highest BCUT2D eigenvalue weighted by Gasteiger charge is 2.35. The molecular formula is C41H43BF4N2O2. The predicted octanol–water partition coefficient (Wildman–Crippen LogP) is 10.3. The Labute approximate surface area is 290 Å². The van der Waals surface area contributed by atoms with Crippen LogP contribution >= 0.6 is 0 Å². The molecule has 0 bridgehead atoms. The molecule has 50 heavy (non-hydrogen) atoms. The van der Waals surface area contributed by atoms with E-state index in [9.17, 15) is 17.3 Å². The zero-order valence-electron chi connectivity index (χ0n) is 29.1. The van der Waals surface area contributed by atoms with Gasteiger partial charge in [-0.1, -0.05) is 75.2 Å². The Kier molecular flexibility index (Phi) is 9.27. The molecule has 8 rings (SSSR count). The number of aryl methyl sites for hydroxylation is 1. The lowest BCUT2D eigenvalue weighted by Gasteiger charge is -2.09. The maximum absolute atomic E-state index is 9.75. The molecule has 0 aliphatic carbocycles. The molecule has 4 heterocycles. The third-order valence-electron chi connectivity index (χ3n) is 9.90. The van der Waals surface area contributed by atoms with E-state index in [-0.39, 0.29) is 12.2 Å². The Morgan fingerprint density at radius 2 is 1.42 bits per heavy atom. The lowest BCUT2D eigenvalue weighted by atomic mass is 9.98. The first-order valence-electron chi connectivity index (χ1n) is 17.9. The lowest BCUT2D eigenvalue weighted by molar-refractivity contribution is -0.436. The van der Waals surface area contributed by atoms with E-state index in [1.54, 1.807) is 0 Å². The van der Waals surface area contributed by atoms with Crippen LogP contribution in [0.15, 0.2) is 72.8 Å². The van der Waals surface area contributed by atoms with Gasteiger partial charge in [0, 0.05) is 76.0 Å². The molecule has 260 valence electrons. The normalized spacial score (nSPS) is 18.5. The van der Waals surface area contributed by atoms with Crippen LogP contribution in [0.3, 0.4) is 0 Å². The second kappa shape index (κ2) is 13.6. The van der Waals surface area contributed by atoms with E-state index < -0.39 is 7.25 Å². The van der Waals surface area contributed by atoms with Gasteiger partial charge in [-0.15, -0.1) is 0 Å². The van der Waals surface area contributed by atoms with E-state index in [2.05, 4.69) is 116 Å². The van der Waals surface area contributed by atoms with Crippen molar-refractivity contribution in [3.05, 3.63) is 94.9 Å². The van der Waals surface area contributed by atoms with Gasteiger partial charge in [-0.25, -0.2) is 0 Å². The van der Waals surface area contributed by atoms with E-state index in [1.165, 1.54) is 78.7 Å². The summed E-state index contributed by atoms with van der Waals surface area (Å²) in [6.07, 6.45) is 18.3. The first-order chi connectivity index (χ1) is 24.1. The van der Waals surface area contributed by atoms with Crippen LogP contribution < -0.4 is 14.8 Å². The molecule has 0 saturated carbocycles. The Morgan fingerprint density at radius 3 is 2.10 bits per heavy atom. The number of nitrogens with zero attached hydrogens (tertiary/aromatic N) is 2. The van der Waals surface area contributed by atoms with Gasteiger partial charge in [0.05, 0.1) is 16.5 Å². The van der Waals surface area contributed by atoms with Crippen molar-refractivity contribution < 1.29 is 31.3 Å². The summed E-state index contributed by atoms with van der Waals surface area (Å²) in [6, 6.07) is 18.2. The quantitative estimate of drug-likeness (QED) is 0.0670. The summed E-state index contributed by atoms with van der Waals surface area (Å²) in [5.74, 6) is 2.17. The standard InChI is InChI=1S/C41H43N2O2.BF4/c1-5-7-20-42-34(30-14-12-16-32-38(30)36(42)24-28-22-26(3)44-40(28)32)18-10-9-11-19-35-31-15-13-17-33-39(31)37(43(35)21-8-6-2)25-29-23-27(4)45-41(29)33;2-1(3,4)5/h9-19,24-27H,5-8,20-23H2,1-4H3;/q+1;-1. The van der Waals surface area contributed by atoms with Crippen LogP contribution in [0.2, 0.25) is 0 Å². The minimum Gasteiger partial charge on any atom is -0.489 e. The lowest BCUT2D eigenvalue weighted by Crippen LogP contribution is -2.16. The van der Waals surface area contributed by atoms with Crippen LogP contribution in [0, 0.1) is 0 Å². The van der Waals surface area contributed by atoms with Gasteiger partial charge in [0.15, 0.2) is 0 Å². The number of benzene rings is 4. The Morgan fingerprint density at radius 1 is 0.800 bits per heavy atom. The molecule has 4 nitrogen and oxygen atoms in total. The molecule has 2 atom stereocenters. The van der Waals surface area contributed by atoms with Crippen LogP contribution in [-0.2, 0) is 19.4 Å². The van der Waals surface area contributed by atoms with Crippen molar-refractivity contribution in [3.63, 3.8) is 0 Å². The summed E-state index contributed by atoms with van der Waals surface area (Å²) in [5.41, 5.74) is 7.94. The number of fused-ring (bicyclic) bond motifs is 4. The van der Waals surface area contributed by atoms with Crippen molar-refractivity contribution >= 4 is 57.2 Å². The largest absolute Gasteiger partial charge is 0.673 e. The second-order valence-electron chi connectivity index (χ2n) is 13.7. The Bertz CT molecular complexity index is 2240. The van der Waals surface area contributed by atoms with Crippen molar-refractivity contribution in [1.82, 2.24) is 4.57 Å². The topological polar surface area (TPSA) is 26.4 Å². The fraction of sp³-hybridized carbons (Fsp3) is 0.341. The summed E-state index contributed by atoms with van der Waals surface area (Å²) in [5, 5.41) is 7.76. The first kappa shape index (κ1) is 33.9. The smallest absolute Gasteiger partial charge is 0.489 e. The van der Waals surface area contributed by atoms with Gasteiger partial charge in [0.1, 0.15) is 30.3 Å². The van der Waals surface area contributed by atoms with Crippen LogP contribution in [0.25, 0.3) is 38.5 Å². The number of unbranched alkanes of at least 4 members (excludes halogenated alkanes) is 2. The molecule has 9 heteroatoms. The number of hydrogen-bond donors (Lipinski definition) is 0. The maximum atomic E-state index is 9.75. The van der Waals surface area contributed by atoms with Crippen molar-refractivity contribution in [2.45, 2.75) is 85.0 Å². The fourth-order valence-corrected chi connectivity index (χ4v) is 7.91. The zero-order valence-corrected chi connectivity index (χ0v) is 29.1. The van der Waals surface area contributed by atoms with Crippen LogP contribution in [0.1, 0.15) is 70.1 Å². The van der Waals surface area contributed by atoms with Crippen LogP contribution in [-0.4, -0.2) is 40.9 Å². The third kappa shape index (κ3) is 6.31. The fourth-order valence-electron chi connectivity index (χ4n) is 7.91. The third-order valence-corrected chi connectivity index (χ3v) is 9.90. The summed E-state index contributed by atoms with van der Waals surface area (Å²) in [4.78, 5) is 0. The van der Waals surface area contributed by atoms with Gasteiger partial charge in [-0.2, -0.15) is 4.58 Å². The number of allylic oxidation sites excluding steroid dienone is 4. The summed E-state index contributed by atoms with van der Waals surface area (Å²) in [6.45, 7) is 10.9. The van der Waals surface area contributed by atoms with Gasteiger partial charge in [0.2, 0.25) is 11.4 Å². The van der Waals surface area contributed by atoms with E-state index in [0.717, 1.165) is 50.3 Å². The van der Waals surface area contributed by atoms with Gasteiger partial charge in [-0.3, -0.25) is 0 Å². The second-order valence-corrected chi connectivity index (χ2v) is 13.7. The van der Waals surface area contributed by atoms with Gasteiger partial charge in [-0.05, 0) is 38.5 Å². The molecule has 2 unspecified atom stereocenters. The molecule has 0 radical (unpaired) electrons. The SMILES string of the molecule is CCCCn1c(=CC=CC=CC2=[N+](CCCC)c3cc4c(c5cccc2c35)OC(C)C4)c2cccc3c4c(cc1c32)CC(C)O4.F[B-](F)(F)F. The Hall–Kier alpha value is -4.53. The minimum atomic E-state index is -6.00. The Balaban J connectivity index is 0.000000734. The molecular weight excluding hydrogens is 639 g/mol. The van der Waals surface area contributed by atoms with Crippen LogP contribution in [0.5, 0.6) is 11.5 Å². The van der Waals surface area contributed by atoms with E-state index in [4.69, 9.17) is 9.47 Å². The molecule has 0 fully saturated rings. The van der Waals surface area contributed by atoms with E-state index in [1.807, 2.05) is 0 Å². The molecule has 5 aromatic rings. The van der Waals surface area contributed by atoms with Crippen molar-refractivity contribution in [2.24, 2.45) is 0 Å².